The number of rotatable bonds is 7. The Hall–Kier alpha value is 0.130. The molecule has 0 heterocycles. The quantitative estimate of drug-likeness (QED) is 0.612. The van der Waals surface area contributed by atoms with E-state index >= 15 is 0 Å². The fraction of sp³-hybridized carbons (Fsp3) is 0.600. The van der Waals surface area contributed by atoms with E-state index in [0.29, 0.717) is 6.42 Å². The minimum Gasteiger partial charge on any atom is -0.229 e. The van der Waals surface area contributed by atoms with E-state index in [4.69, 9.17) is 0 Å². The van der Waals surface area contributed by atoms with Crippen LogP contribution < -0.4 is 0 Å². The third kappa shape index (κ3) is 4.31. The lowest BCUT2D eigenvalue weighted by atomic mass is 9.82. The Bertz CT molecular complexity index is 517. The van der Waals surface area contributed by atoms with Crippen molar-refractivity contribution in [1.29, 1.82) is 0 Å². The molecule has 20 heavy (non-hydrogen) atoms. The van der Waals surface area contributed by atoms with E-state index in [1.807, 2.05) is 0 Å². The topological polar surface area (TPSA) is 34.1 Å². The Balaban J connectivity index is 3.01. The monoisotopic (exact) mass is 424 g/mol. The maximum absolute atomic E-state index is 12.1. The zero-order valence-electron chi connectivity index (χ0n) is 12.2. The standard InChI is InChI=1S/C15H22Br2O2S/c1-12(2)20(18,19)9-8-15(10-16,11-17)14-6-4-13(3)5-7-14/h4-7,12H,8-11H2,1-3H3. The predicted octanol–water partition coefficient (Wildman–Crippen LogP) is 4.24. The van der Waals surface area contributed by atoms with Crippen LogP contribution in [0.2, 0.25) is 0 Å². The summed E-state index contributed by atoms with van der Waals surface area (Å²) in [5.41, 5.74) is 2.20. The van der Waals surface area contributed by atoms with Crippen molar-refractivity contribution in [3.05, 3.63) is 35.4 Å². The van der Waals surface area contributed by atoms with Gasteiger partial charge < -0.3 is 0 Å². The Morgan fingerprint density at radius 1 is 1.10 bits per heavy atom. The Kier molecular flexibility index (Phi) is 6.74. The molecule has 0 unspecified atom stereocenters. The summed E-state index contributed by atoms with van der Waals surface area (Å²) >= 11 is 7.14. The molecule has 0 saturated heterocycles. The van der Waals surface area contributed by atoms with Gasteiger partial charge in [-0.25, -0.2) is 8.42 Å². The second-order valence-electron chi connectivity index (χ2n) is 5.58. The normalized spacial score (nSPS) is 12.9. The van der Waals surface area contributed by atoms with Crippen molar-refractivity contribution >= 4 is 41.7 Å². The van der Waals surface area contributed by atoms with E-state index in [2.05, 4.69) is 63.0 Å². The van der Waals surface area contributed by atoms with Gasteiger partial charge in [0.2, 0.25) is 0 Å². The van der Waals surface area contributed by atoms with Crippen LogP contribution in [-0.4, -0.2) is 30.1 Å². The van der Waals surface area contributed by atoms with Crippen molar-refractivity contribution < 1.29 is 8.42 Å². The van der Waals surface area contributed by atoms with Crippen molar-refractivity contribution in [3.63, 3.8) is 0 Å². The second kappa shape index (κ2) is 7.41. The summed E-state index contributed by atoms with van der Waals surface area (Å²) in [4.78, 5) is 0. The fourth-order valence-corrected chi connectivity index (χ4v) is 5.23. The summed E-state index contributed by atoms with van der Waals surface area (Å²) in [5.74, 6) is 0.218. The molecule has 0 amide bonds. The number of aryl methyl sites for hydroxylation is 1. The first-order valence-corrected chi connectivity index (χ1v) is 10.6. The average molecular weight is 426 g/mol. The molecule has 1 aromatic rings. The molecule has 2 nitrogen and oxygen atoms in total. The summed E-state index contributed by atoms with van der Waals surface area (Å²) in [5, 5.41) is 1.16. The van der Waals surface area contributed by atoms with E-state index < -0.39 is 9.84 Å². The molecule has 0 saturated carbocycles. The molecule has 1 aromatic carbocycles. The lowest BCUT2D eigenvalue weighted by molar-refractivity contribution is 0.520. The zero-order chi connectivity index (χ0) is 15.4. The van der Waals surface area contributed by atoms with Gasteiger partial charge >= 0.3 is 0 Å². The van der Waals surface area contributed by atoms with Crippen LogP contribution in [0.4, 0.5) is 0 Å². The molecule has 0 radical (unpaired) electrons. The molecule has 5 heteroatoms. The van der Waals surface area contributed by atoms with Crippen molar-refractivity contribution in [3.8, 4) is 0 Å². The zero-order valence-corrected chi connectivity index (χ0v) is 16.2. The largest absolute Gasteiger partial charge is 0.229 e. The van der Waals surface area contributed by atoms with Crippen LogP contribution in [-0.2, 0) is 15.3 Å². The molecule has 114 valence electrons. The average Bonchev–Trinajstić information content (AvgIpc) is 2.42. The van der Waals surface area contributed by atoms with Gasteiger partial charge in [-0.3, -0.25) is 0 Å². The van der Waals surface area contributed by atoms with Gasteiger partial charge in [0.15, 0.2) is 9.84 Å². The van der Waals surface area contributed by atoms with Crippen LogP contribution in [0, 0.1) is 6.92 Å². The van der Waals surface area contributed by atoms with Gasteiger partial charge in [-0.2, -0.15) is 0 Å². The van der Waals surface area contributed by atoms with Gasteiger partial charge in [0.05, 0.1) is 11.0 Å². The van der Waals surface area contributed by atoms with E-state index in [1.165, 1.54) is 11.1 Å². The molecule has 0 atom stereocenters. The Morgan fingerprint density at radius 3 is 2.00 bits per heavy atom. The Morgan fingerprint density at radius 2 is 1.60 bits per heavy atom. The van der Waals surface area contributed by atoms with Crippen molar-refractivity contribution in [2.75, 3.05) is 16.4 Å². The lowest BCUT2D eigenvalue weighted by Crippen LogP contribution is -2.34. The van der Waals surface area contributed by atoms with Gasteiger partial charge in [0.1, 0.15) is 0 Å². The van der Waals surface area contributed by atoms with Gasteiger partial charge in [-0.05, 0) is 32.8 Å². The lowest BCUT2D eigenvalue weighted by Gasteiger charge is -2.31. The molecule has 0 aliphatic heterocycles. The molecule has 0 spiro atoms. The number of halogens is 2. The third-order valence-corrected chi connectivity index (χ3v) is 8.12. The number of hydrogen-bond acceptors (Lipinski definition) is 2. The molecule has 0 fully saturated rings. The van der Waals surface area contributed by atoms with E-state index in [-0.39, 0.29) is 16.4 Å². The summed E-state index contributed by atoms with van der Waals surface area (Å²) in [6.45, 7) is 5.53. The van der Waals surface area contributed by atoms with Crippen LogP contribution >= 0.6 is 31.9 Å². The van der Waals surface area contributed by atoms with Crippen LogP contribution in [0.5, 0.6) is 0 Å². The summed E-state index contributed by atoms with van der Waals surface area (Å²) in [6, 6.07) is 8.35. The highest BCUT2D eigenvalue weighted by Crippen LogP contribution is 2.33. The highest BCUT2D eigenvalue weighted by Gasteiger charge is 2.32. The van der Waals surface area contributed by atoms with Gasteiger partial charge in [0, 0.05) is 16.1 Å². The van der Waals surface area contributed by atoms with Crippen LogP contribution in [0.15, 0.2) is 24.3 Å². The second-order valence-corrected chi connectivity index (χ2v) is 9.38. The molecule has 0 aliphatic rings. The smallest absolute Gasteiger partial charge is 0.152 e. The molecule has 0 N–H and O–H groups in total. The SMILES string of the molecule is Cc1ccc(C(CBr)(CBr)CCS(=O)(=O)C(C)C)cc1. The van der Waals surface area contributed by atoms with Crippen molar-refractivity contribution in [2.24, 2.45) is 0 Å². The summed E-state index contributed by atoms with van der Waals surface area (Å²) in [6.07, 6.45) is 0.618. The van der Waals surface area contributed by atoms with Crippen molar-refractivity contribution in [2.45, 2.75) is 37.9 Å². The number of hydrogen-bond donors (Lipinski definition) is 0. The van der Waals surface area contributed by atoms with Gasteiger partial charge in [0.25, 0.3) is 0 Å². The van der Waals surface area contributed by atoms with E-state index in [0.717, 1.165) is 10.7 Å². The third-order valence-electron chi connectivity index (χ3n) is 3.76. The van der Waals surface area contributed by atoms with Crippen LogP contribution in [0.25, 0.3) is 0 Å². The molecule has 0 aliphatic carbocycles. The molecule has 1 rings (SSSR count). The molecule has 0 aromatic heterocycles. The maximum Gasteiger partial charge on any atom is 0.152 e. The fourth-order valence-electron chi connectivity index (χ4n) is 1.95. The minimum absolute atomic E-state index is 0.185. The number of alkyl halides is 2. The molecular weight excluding hydrogens is 404 g/mol. The van der Waals surface area contributed by atoms with E-state index in [1.54, 1.807) is 13.8 Å². The summed E-state index contributed by atoms with van der Waals surface area (Å²) < 4.78 is 24.1. The van der Waals surface area contributed by atoms with Crippen molar-refractivity contribution in [1.82, 2.24) is 0 Å². The summed E-state index contributed by atoms with van der Waals surface area (Å²) in [7, 11) is -3.01. The van der Waals surface area contributed by atoms with Gasteiger partial charge in [-0.15, -0.1) is 0 Å². The molecular formula is C15H22Br2O2S. The van der Waals surface area contributed by atoms with Gasteiger partial charge in [-0.1, -0.05) is 61.7 Å². The highest BCUT2D eigenvalue weighted by molar-refractivity contribution is 9.09. The first-order valence-electron chi connectivity index (χ1n) is 6.68. The minimum atomic E-state index is -3.01. The maximum atomic E-state index is 12.1. The molecule has 0 bridgehead atoms. The first kappa shape index (κ1) is 18.2. The number of benzene rings is 1. The predicted molar refractivity (Wildman–Crippen MR) is 94.0 cm³/mol. The van der Waals surface area contributed by atoms with E-state index in [9.17, 15) is 8.42 Å². The highest BCUT2D eigenvalue weighted by atomic mass is 79.9. The number of sulfone groups is 1. The first-order chi connectivity index (χ1) is 9.27. The van der Waals surface area contributed by atoms with Crippen LogP contribution in [0.3, 0.4) is 0 Å². The van der Waals surface area contributed by atoms with Crippen LogP contribution in [0.1, 0.15) is 31.4 Å². The Labute approximate surface area is 139 Å².